The molecule has 1 aliphatic heterocycles. The van der Waals surface area contributed by atoms with Crippen LogP contribution in [0.1, 0.15) is 34.5 Å². The van der Waals surface area contributed by atoms with Crippen LogP contribution in [0.15, 0.2) is 47.7 Å². The SMILES string of the molecule is Cc1cnn2c1-c1cc(C(=O)NC(CN)CC3=C/C=C(/F)CC/C(F)=C\3)sc1OCC2. The summed E-state index contributed by atoms with van der Waals surface area (Å²) in [6.07, 6.45) is 6.44. The number of carbonyl (C=O) groups excluding carboxylic acids is 1. The molecule has 1 aliphatic carbocycles. The average molecular weight is 447 g/mol. The summed E-state index contributed by atoms with van der Waals surface area (Å²) in [6.45, 7) is 3.26. The van der Waals surface area contributed by atoms with Gasteiger partial charge in [-0.05, 0) is 42.7 Å². The van der Waals surface area contributed by atoms with Crippen LogP contribution in [-0.2, 0) is 6.54 Å². The maximum absolute atomic E-state index is 13.9. The van der Waals surface area contributed by atoms with Crippen LogP contribution < -0.4 is 15.8 Å². The molecule has 31 heavy (non-hydrogen) atoms. The topological polar surface area (TPSA) is 82.2 Å². The lowest BCUT2D eigenvalue weighted by molar-refractivity contribution is 0.0942. The first-order valence-electron chi connectivity index (χ1n) is 10.2. The summed E-state index contributed by atoms with van der Waals surface area (Å²) in [7, 11) is 0. The molecule has 2 aromatic heterocycles. The molecule has 0 aromatic carbocycles. The number of allylic oxidation sites excluding steroid dienone is 5. The Hall–Kier alpha value is -2.78. The molecule has 1 unspecified atom stereocenters. The molecule has 164 valence electrons. The van der Waals surface area contributed by atoms with E-state index in [1.165, 1.54) is 29.6 Å². The van der Waals surface area contributed by atoms with Gasteiger partial charge in [0.25, 0.3) is 5.91 Å². The number of halogens is 2. The minimum atomic E-state index is -0.422. The maximum atomic E-state index is 13.9. The Morgan fingerprint density at radius 1 is 1.35 bits per heavy atom. The summed E-state index contributed by atoms with van der Waals surface area (Å²) >= 11 is 1.28. The van der Waals surface area contributed by atoms with Gasteiger partial charge in [-0.2, -0.15) is 5.10 Å². The Kier molecular flexibility index (Phi) is 6.33. The van der Waals surface area contributed by atoms with E-state index in [9.17, 15) is 13.6 Å². The van der Waals surface area contributed by atoms with Crippen LogP contribution in [0.25, 0.3) is 11.3 Å². The molecule has 2 aliphatic rings. The first kappa shape index (κ1) is 21.5. The van der Waals surface area contributed by atoms with Crippen LogP contribution in [0.2, 0.25) is 0 Å². The largest absolute Gasteiger partial charge is 0.481 e. The molecule has 4 rings (SSSR count). The van der Waals surface area contributed by atoms with Crippen LogP contribution in [0.5, 0.6) is 5.06 Å². The molecule has 0 bridgehead atoms. The summed E-state index contributed by atoms with van der Waals surface area (Å²) in [5.41, 5.74) is 9.25. The van der Waals surface area contributed by atoms with Gasteiger partial charge in [0.15, 0.2) is 5.06 Å². The average Bonchev–Trinajstić information content (AvgIpc) is 3.27. The van der Waals surface area contributed by atoms with Crippen molar-refractivity contribution in [3.8, 4) is 16.3 Å². The van der Waals surface area contributed by atoms with Gasteiger partial charge in [0.2, 0.25) is 0 Å². The molecule has 0 saturated heterocycles. The highest BCUT2D eigenvalue weighted by Gasteiger charge is 2.25. The Morgan fingerprint density at radius 2 is 2.16 bits per heavy atom. The normalized spacial score (nSPS) is 22.0. The molecule has 9 heteroatoms. The predicted molar refractivity (Wildman–Crippen MR) is 116 cm³/mol. The smallest absolute Gasteiger partial charge is 0.261 e. The highest BCUT2D eigenvalue weighted by molar-refractivity contribution is 7.16. The molecule has 0 fully saturated rings. The number of nitrogens with zero attached hydrogens (tertiary/aromatic N) is 2. The number of carbonyl (C=O) groups is 1. The third-order valence-electron chi connectivity index (χ3n) is 5.26. The van der Waals surface area contributed by atoms with Crippen molar-refractivity contribution >= 4 is 17.2 Å². The molecular formula is C22H24F2N4O2S. The van der Waals surface area contributed by atoms with Crippen LogP contribution >= 0.6 is 11.3 Å². The molecule has 3 N–H and O–H groups in total. The molecule has 0 spiro atoms. The molecule has 1 amide bonds. The molecule has 3 heterocycles. The van der Waals surface area contributed by atoms with Crippen molar-refractivity contribution in [3.05, 3.63) is 58.2 Å². The van der Waals surface area contributed by atoms with Crippen molar-refractivity contribution in [1.82, 2.24) is 15.1 Å². The number of nitrogens with one attached hydrogen (secondary N) is 1. The van der Waals surface area contributed by atoms with E-state index in [1.807, 2.05) is 17.7 Å². The first-order chi connectivity index (χ1) is 14.9. The number of thiophene rings is 1. The number of hydrogen-bond acceptors (Lipinski definition) is 5. The third-order valence-corrected chi connectivity index (χ3v) is 6.31. The zero-order chi connectivity index (χ0) is 22.0. The lowest BCUT2D eigenvalue weighted by Gasteiger charge is -2.17. The second kappa shape index (κ2) is 9.15. The highest BCUT2D eigenvalue weighted by Crippen LogP contribution is 2.41. The summed E-state index contributed by atoms with van der Waals surface area (Å²) in [6, 6.07) is 1.38. The van der Waals surface area contributed by atoms with Crippen molar-refractivity contribution in [3.63, 3.8) is 0 Å². The molecule has 2 aromatic rings. The number of fused-ring (bicyclic) bond motifs is 3. The minimum absolute atomic E-state index is 0.0239. The Labute approximate surface area is 183 Å². The van der Waals surface area contributed by atoms with E-state index >= 15 is 0 Å². The van der Waals surface area contributed by atoms with Crippen molar-refractivity contribution in [2.24, 2.45) is 5.73 Å². The lowest BCUT2D eigenvalue weighted by atomic mass is 10.0. The van der Waals surface area contributed by atoms with Gasteiger partial charge in [0.1, 0.15) is 18.3 Å². The van der Waals surface area contributed by atoms with Crippen LogP contribution in [0, 0.1) is 6.92 Å². The first-order valence-corrected chi connectivity index (χ1v) is 11.0. The Bertz CT molecular complexity index is 1080. The van der Waals surface area contributed by atoms with E-state index < -0.39 is 6.04 Å². The molecule has 0 saturated carbocycles. The van der Waals surface area contributed by atoms with Crippen molar-refractivity contribution in [2.45, 2.75) is 38.8 Å². The van der Waals surface area contributed by atoms with Crippen molar-refractivity contribution in [1.29, 1.82) is 0 Å². The van der Waals surface area contributed by atoms with Gasteiger partial charge in [-0.3, -0.25) is 9.48 Å². The van der Waals surface area contributed by atoms with E-state index in [2.05, 4.69) is 10.4 Å². The fraction of sp³-hybridized carbons (Fsp3) is 0.364. The number of rotatable bonds is 5. The molecule has 1 atom stereocenters. The Morgan fingerprint density at radius 3 is 2.97 bits per heavy atom. The van der Waals surface area contributed by atoms with Gasteiger partial charge in [0.05, 0.1) is 28.9 Å². The summed E-state index contributed by atoms with van der Waals surface area (Å²) in [4.78, 5) is 13.4. The number of nitrogens with two attached hydrogens (primary N) is 1. The number of amides is 1. The fourth-order valence-electron chi connectivity index (χ4n) is 3.69. The minimum Gasteiger partial charge on any atom is -0.481 e. The third kappa shape index (κ3) is 4.77. The standard InChI is InChI=1S/C22H24F2N4O2S/c1-13-12-26-28-6-7-30-22-18(20(13)28)10-19(31-22)21(29)27-17(11-25)9-14-2-3-15(23)4-5-16(24)8-14/h2-3,8,10,12,17H,4-7,9,11,25H2,1H3,(H,27,29)/b14-2+,15-3+,16-8+. The summed E-state index contributed by atoms with van der Waals surface area (Å²) in [5.74, 6) is -1.04. The van der Waals surface area contributed by atoms with E-state index in [4.69, 9.17) is 10.5 Å². The van der Waals surface area contributed by atoms with E-state index in [1.54, 1.807) is 6.20 Å². The summed E-state index contributed by atoms with van der Waals surface area (Å²) < 4.78 is 35.2. The van der Waals surface area contributed by atoms with Gasteiger partial charge in [-0.25, -0.2) is 8.78 Å². The predicted octanol–water partition coefficient (Wildman–Crippen LogP) is 4.19. The zero-order valence-corrected chi connectivity index (χ0v) is 18.0. The monoisotopic (exact) mass is 446 g/mol. The zero-order valence-electron chi connectivity index (χ0n) is 17.2. The lowest BCUT2D eigenvalue weighted by Crippen LogP contribution is -2.40. The maximum Gasteiger partial charge on any atom is 0.261 e. The van der Waals surface area contributed by atoms with Crippen LogP contribution in [0.3, 0.4) is 0 Å². The second-order valence-corrected chi connectivity index (χ2v) is 8.63. The van der Waals surface area contributed by atoms with Gasteiger partial charge in [-0.1, -0.05) is 17.4 Å². The van der Waals surface area contributed by atoms with E-state index in [0.717, 1.165) is 16.8 Å². The fourth-order valence-corrected chi connectivity index (χ4v) is 4.62. The van der Waals surface area contributed by atoms with Gasteiger partial charge in [0, 0.05) is 25.4 Å². The Balaban J connectivity index is 1.52. The highest BCUT2D eigenvalue weighted by atomic mass is 32.1. The van der Waals surface area contributed by atoms with Crippen LogP contribution in [0.4, 0.5) is 8.78 Å². The number of ether oxygens (including phenoxy) is 1. The van der Waals surface area contributed by atoms with Gasteiger partial charge in [-0.15, -0.1) is 0 Å². The van der Waals surface area contributed by atoms with E-state index in [0.29, 0.717) is 35.1 Å². The molecular weight excluding hydrogens is 422 g/mol. The number of aromatic nitrogens is 2. The molecule has 6 nitrogen and oxygen atoms in total. The van der Waals surface area contributed by atoms with Crippen molar-refractivity contribution < 1.29 is 18.3 Å². The quantitative estimate of drug-likeness (QED) is 0.722. The number of hydrogen-bond donors (Lipinski definition) is 2. The van der Waals surface area contributed by atoms with Crippen LogP contribution in [-0.4, -0.2) is 34.9 Å². The van der Waals surface area contributed by atoms with Crippen molar-refractivity contribution in [2.75, 3.05) is 13.2 Å². The number of aryl methyl sites for hydroxylation is 1. The van der Waals surface area contributed by atoms with E-state index in [-0.39, 0.29) is 36.9 Å². The second-order valence-electron chi connectivity index (χ2n) is 7.62. The van der Waals surface area contributed by atoms with Gasteiger partial charge < -0.3 is 15.8 Å². The molecule has 0 radical (unpaired) electrons. The summed E-state index contributed by atoms with van der Waals surface area (Å²) in [5, 5.41) is 7.97. The van der Waals surface area contributed by atoms with Gasteiger partial charge >= 0.3 is 0 Å².